The molecule has 0 radical (unpaired) electrons. The third-order valence-corrected chi connectivity index (χ3v) is 8.42. The van der Waals surface area contributed by atoms with E-state index in [1.54, 1.807) is 6.08 Å². The Labute approximate surface area is 258 Å². The number of hydrogen-bond acceptors (Lipinski definition) is 7. The molecule has 3 N–H and O–H groups in total. The summed E-state index contributed by atoms with van der Waals surface area (Å²) >= 11 is 1.38. The number of piperidine rings is 1. The van der Waals surface area contributed by atoms with Gasteiger partial charge in [0, 0.05) is 11.8 Å². The summed E-state index contributed by atoms with van der Waals surface area (Å²) in [5.74, 6) is -2.79. The molecule has 8 nitrogen and oxygen atoms in total. The smallest absolute Gasteiger partial charge is 0.475 e. The topological polar surface area (TPSA) is 121 Å². The van der Waals surface area contributed by atoms with Crippen LogP contribution in [0.1, 0.15) is 62.1 Å². The molecule has 2 aromatic carbocycles. The normalized spacial score (nSPS) is 16.1. The number of nitrogens with zero attached hydrogens (tertiary/aromatic N) is 2. The molecule has 12 heteroatoms. The lowest BCUT2D eigenvalue weighted by molar-refractivity contribution is -0.192. The fourth-order valence-corrected chi connectivity index (χ4v) is 5.54. The Balaban J connectivity index is 0.000000676. The highest BCUT2D eigenvalue weighted by molar-refractivity contribution is 7.15. The Kier molecular flexibility index (Phi) is 12.8. The molecule has 1 aromatic heterocycles. The number of aromatic nitrogens is 2. The largest absolute Gasteiger partial charge is 0.490 e. The molecule has 1 saturated heterocycles. The van der Waals surface area contributed by atoms with Crippen molar-refractivity contribution in [3.05, 3.63) is 89.0 Å². The van der Waals surface area contributed by atoms with E-state index in [9.17, 15) is 22.8 Å². The van der Waals surface area contributed by atoms with Gasteiger partial charge in [-0.05, 0) is 69.2 Å². The lowest BCUT2D eigenvalue weighted by Crippen LogP contribution is -2.41. The fraction of sp³-hybridized carbons (Fsp3) is 0.406. The molecule has 4 rings (SSSR count). The maximum Gasteiger partial charge on any atom is 0.490 e. The predicted octanol–water partition coefficient (Wildman–Crippen LogP) is 6.34. The summed E-state index contributed by atoms with van der Waals surface area (Å²) in [6.07, 6.45) is 3.54. The highest BCUT2D eigenvalue weighted by Crippen LogP contribution is 2.34. The van der Waals surface area contributed by atoms with E-state index >= 15 is 0 Å². The van der Waals surface area contributed by atoms with E-state index in [4.69, 9.17) is 9.90 Å². The highest BCUT2D eigenvalue weighted by atomic mass is 32.1. The van der Waals surface area contributed by atoms with Gasteiger partial charge in [0.25, 0.3) is 0 Å². The zero-order valence-corrected chi connectivity index (χ0v) is 25.5. The van der Waals surface area contributed by atoms with E-state index in [0.717, 1.165) is 49.2 Å². The van der Waals surface area contributed by atoms with Crippen molar-refractivity contribution in [3.63, 3.8) is 0 Å². The molecule has 0 bridgehead atoms. The number of allylic oxidation sites excluding steroid dienone is 1. The van der Waals surface area contributed by atoms with Gasteiger partial charge in [0.05, 0.1) is 6.04 Å². The van der Waals surface area contributed by atoms with Crippen molar-refractivity contribution in [2.45, 2.75) is 70.0 Å². The van der Waals surface area contributed by atoms with Gasteiger partial charge >= 0.3 is 12.1 Å². The van der Waals surface area contributed by atoms with Crippen LogP contribution in [0.15, 0.2) is 72.8 Å². The fourth-order valence-electron chi connectivity index (χ4n) is 4.67. The van der Waals surface area contributed by atoms with Crippen LogP contribution in [0.4, 0.5) is 18.3 Å². The number of ketones is 1. The molecule has 1 fully saturated rings. The first-order valence-corrected chi connectivity index (χ1v) is 15.2. The highest BCUT2D eigenvalue weighted by Gasteiger charge is 2.38. The number of nitrogens with one attached hydrogen (secondary N) is 2. The monoisotopic (exact) mass is 630 g/mol. The number of alkyl halides is 3. The van der Waals surface area contributed by atoms with Gasteiger partial charge in [-0.3, -0.25) is 14.9 Å². The number of halogens is 3. The van der Waals surface area contributed by atoms with Gasteiger partial charge in [-0.1, -0.05) is 84.5 Å². The first-order valence-electron chi connectivity index (χ1n) is 14.3. The number of Topliss-reactive ketones (excluding diaryl/α,β-unsaturated/α-hetero) is 1. The standard InChI is InChI=1S/C30H36N4O2S.C2HF3O2/c1-30(2,24-13-7-4-8-14-24)28-33-34-29(37-28)32-27(36)19-18-23(17-16-22-11-5-3-6-12-22)21-26(35)25-15-9-10-20-31-25;3-2(4,5)1(6)7/h3-8,11-14,18-19,23,25,31H,9-10,15-17,20-21H2,1-2H3,(H,32,34,36);(H,6,7)/b19-18+;/t23-,25-;/m0./s1. The lowest BCUT2D eigenvalue weighted by atomic mass is 9.85. The molecular formula is C32H37F3N4O4S. The number of amides is 1. The van der Waals surface area contributed by atoms with Gasteiger partial charge < -0.3 is 10.4 Å². The quantitative estimate of drug-likeness (QED) is 0.211. The van der Waals surface area contributed by atoms with Crippen molar-refractivity contribution < 1.29 is 32.7 Å². The number of anilines is 1. The maximum atomic E-state index is 13.0. The number of aliphatic carboxylic acids is 1. The van der Waals surface area contributed by atoms with Gasteiger partial charge in [0.15, 0.2) is 0 Å². The van der Waals surface area contributed by atoms with Crippen LogP contribution in [0.2, 0.25) is 0 Å². The van der Waals surface area contributed by atoms with Crippen molar-refractivity contribution in [1.29, 1.82) is 0 Å². The molecule has 2 heterocycles. The van der Waals surface area contributed by atoms with E-state index in [2.05, 4.69) is 58.9 Å². The van der Waals surface area contributed by atoms with E-state index < -0.39 is 12.1 Å². The average molecular weight is 631 g/mol. The Bertz CT molecular complexity index is 1390. The third-order valence-electron chi connectivity index (χ3n) is 7.26. The molecule has 1 aliphatic rings. The molecule has 44 heavy (non-hydrogen) atoms. The maximum absolute atomic E-state index is 13.0. The minimum Gasteiger partial charge on any atom is -0.475 e. The van der Waals surface area contributed by atoms with Gasteiger partial charge in [-0.25, -0.2) is 4.79 Å². The van der Waals surface area contributed by atoms with Gasteiger partial charge in [-0.15, -0.1) is 10.2 Å². The molecule has 0 spiro atoms. The van der Waals surface area contributed by atoms with Gasteiger partial charge in [0.2, 0.25) is 11.0 Å². The summed E-state index contributed by atoms with van der Waals surface area (Å²) in [6.45, 7) is 5.10. The molecule has 1 aliphatic heterocycles. The number of rotatable bonds is 11. The molecule has 0 saturated carbocycles. The van der Waals surface area contributed by atoms with Gasteiger partial charge in [0.1, 0.15) is 10.8 Å². The Hall–Kier alpha value is -3.90. The van der Waals surface area contributed by atoms with Crippen LogP contribution >= 0.6 is 11.3 Å². The van der Waals surface area contributed by atoms with Crippen LogP contribution in [0, 0.1) is 5.92 Å². The van der Waals surface area contributed by atoms with Crippen molar-refractivity contribution in [1.82, 2.24) is 15.5 Å². The number of aryl methyl sites for hydroxylation is 1. The summed E-state index contributed by atoms with van der Waals surface area (Å²) in [7, 11) is 0. The zero-order chi connectivity index (χ0) is 32.2. The van der Waals surface area contributed by atoms with Crippen LogP contribution in [-0.2, 0) is 26.2 Å². The van der Waals surface area contributed by atoms with Crippen LogP contribution in [0.3, 0.4) is 0 Å². The van der Waals surface area contributed by atoms with Crippen LogP contribution in [-0.4, -0.2) is 51.7 Å². The first kappa shape index (κ1) is 34.6. The SMILES string of the molecule is CC(C)(c1ccccc1)c1nnc(NC(=O)/C=C/[C@H](CCc2ccccc2)CC(=O)[C@@H]2CCCCN2)s1.O=C(O)C(F)(F)F. The minimum atomic E-state index is -5.08. The van der Waals surface area contributed by atoms with Crippen molar-refractivity contribution >= 4 is 34.1 Å². The van der Waals surface area contributed by atoms with Crippen molar-refractivity contribution in [3.8, 4) is 0 Å². The van der Waals surface area contributed by atoms with Crippen LogP contribution < -0.4 is 10.6 Å². The summed E-state index contributed by atoms with van der Waals surface area (Å²) in [4.78, 5) is 34.6. The Morgan fingerprint density at radius 1 is 1.05 bits per heavy atom. The molecular weight excluding hydrogens is 593 g/mol. The molecule has 0 unspecified atom stereocenters. The Morgan fingerprint density at radius 2 is 1.68 bits per heavy atom. The second kappa shape index (κ2) is 16.2. The summed E-state index contributed by atoms with van der Waals surface area (Å²) in [5, 5.41) is 23.2. The molecule has 3 aromatic rings. The number of hydrogen-bond donors (Lipinski definition) is 3. The Morgan fingerprint density at radius 3 is 2.27 bits per heavy atom. The summed E-state index contributed by atoms with van der Waals surface area (Å²) in [6, 6.07) is 20.3. The summed E-state index contributed by atoms with van der Waals surface area (Å²) in [5.41, 5.74) is 2.06. The number of carboxylic acid groups (broad SMARTS) is 1. The lowest BCUT2D eigenvalue weighted by Gasteiger charge is -2.23. The van der Waals surface area contributed by atoms with Crippen LogP contribution in [0.5, 0.6) is 0 Å². The number of carboxylic acids is 1. The average Bonchev–Trinajstić information content (AvgIpc) is 3.49. The first-order chi connectivity index (χ1) is 20.9. The zero-order valence-electron chi connectivity index (χ0n) is 24.6. The van der Waals surface area contributed by atoms with Crippen LogP contribution in [0.25, 0.3) is 0 Å². The second-order valence-electron chi connectivity index (χ2n) is 11.0. The minimum absolute atomic E-state index is 0.0100. The second-order valence-corrected chi connectivity index (χ2v) is 12.0. The van der Waals surface area contributed by atoms with E-state index in [-0.39, 0.29) is 29.1 Å². The van der Waals surface area contributed by atoms with Crippen molar-refractivity contribution in [2.75, 3.05) is 11.9 Å². The van der Waals surface area contributed by atoms with Crippen molar-refractivity contribution in [2.24, 2.45) is 5.92 Å². The third kappa shape index (κ3) is 11.0. The molecule has 2 atom stereocenters. The van der Waals surface area contributed by atoms with E-state index in [1.807, 2.05) is 42.5 Å². The summed E-state index contributed by atoms with van der Waals surface area (Å²) < 4.78 is 31.7. The predicted molar refractivity (Wildman–Crippen MR) is 163 cm³/mol. The number of carbonyl (C=O) groups is 3. The number of carbonyl (C=O) groups excluding carboxylic acids is 2. The van der Waals surface area contributed by atoms with E-state index in [1.165, 1.54) is 16.9 Å². The molecule has 1 amide bonds. The van der Waals surface area contributed by atoms with Gasteiger partial charge in [-0.2, -0.15) is 13.2 Å². The number of benzene rings is 2. The molecule has 236 valence electrons. The molecule has 0 aliphatic carbocycles. The van der Waals surface area contributed by atoms with E-state index in [0.29, 0.717) is 11.6 Å².